The van der Waals surface area contributed by atoms with Crippen molar-refractivity contribution in [3.05, 3.63) is 0 Å². The number of nitrogens with one attached hydrogen (secondary N) is 1. The highest BCUT2D eigenvalue weighted by Gasteiger charge is 2.44. The van der Waals surface area contributed by atoms with Crippen LogP contribution in [-0.4, -0.2) is 70.4 Å². The third-order valence-electron chi connectivity index (χ3n) is 4.92. The third kappa shape index (κ3) is 9.21. The van der Waals surface area contributed by atoms with Gasteiger partial charge in [0.15, 0.2) is 6.29 Å². The Labute approximate surface area is 161 Å². The average Bonchev–Trinajstić information content (AvgIpc) is 2.66. The largest absolute Gasteiger partial charge is 0.450 e. The Balaban J connectivity index is 2.07. The number of alkyl carbamates (subject to hydrolysis) is 1. The number of rotatable bonds is 13. The number of ether oxygens (including phenoxy) is 2. The maximum absolute atomic E-state index is 11.8. The molecule has 8 heteroatoms. The number of carbonyl (C=O) groups excluding carboxylic acids is 1. The molecular formula is C19H37NO7. The summed E-state index contributed by atoms with van der Waals surface area (Å²) in [6.45, 7) is 1.92. The smallest absolute Gasteiger partial charge is 0.407 e. The summed E-state index contributed by atoms with van der Waals surface area (Å²) in [5.41, 5.74) is 0. The predicted octanol–water partition coefficient (Wildman–Crippen LogP) is 1.43. The zero-order chi connectivity index (χ0) is 20.1. The number of hydrogen-bond acceptors (Lipinski definition) is 7. The summed E-state index contributed by atoms with van der Waals surface area (Å²) in [7, 11) is 0. The molecule has 0 radical (unpaired) electrons. The first-order valence-corrected chi connectivity index (χ1v) is 10.2. The highest BCUT2D eigenvalue weighted by Crippen LogP contribution is 2.19. The van der Waals surface area contributed by atoms with Gasteiger partial charge in [-0.3, -0.25) is 0 Å². The Morgan fingerprint density at radius 1 is 0.926 bits per heavy atom. The molecule has 1 heterocycles. The Hall–Kier alpha value is -0.930. The quantitative estimate of drug-likeness (QED) is 0.300. The minimum atomic E-state index is -1.54. The van der Waals surface area contributed by atoms with Gasteiger partial charge in [0.1, 0.15) is 24.4 Å². The van der Waals surface area contributed by atoms with Gasteiger partial charge in [-0.1, -0.05) is 64.7 Å². The zero-order valence-electron chi connectivity index (χ0n) is 16.4. The summed E-state index contributed by atoms with van der Waals surface area (Å²) in [6, 6.07) is -1.22. The van der Waals surface area contributed by atoms with Crippen LogP contribution in [0.2, 0.25) is 0 Å². The van der Waals surface area contributed by atoms with Crippen molar-refractivity contribution in [2.24, 2.45) is 0 Å². The van der Waals surface area contributed by atoms with Crippen LogP contribution in [0.25, 0.3) is 0 Å². The molecule has 0 aromatic heterocycles. The van der Waals surface area contributed by atoms with Gasteiger partial charge in [-0.2, -0.15) is 0 Å². The monoisotopic (exact) mass is 391 g/mol. The first kappa shape index (κ1) is 24.1. The number of amides is 1. The average molecular weight is 392 g/mol. The van der Waals surface area contributed by atoms with Crippen LogP contribution in [-0.2, 0) is 9.47 Å². The fourth-order valence-corrected chi connectivity index (χ4v) is 3.19. The summed E-state index contributed by atoms with van der Waals surface area (Å²) in [4.78, 5) is 11.8. The van der Waals surface area contributed by atoms with Crippen LogP contribution in [0.1, 0.15) is 71.1 Å². The molecule has 0 bridgehead atoms. The Kier molecular flexibility index (Phi) is 12.6. The van der Waals surface area contributed by atoms with Gasteiger partial charge in [0.25, 0.3) is 0 Å². The lowest BCUT2D eigenvalue weighted by Crippen LogP contribution is -2.64. The van der Waals surface area contributed by atoms with Gasteiger partial charge in [-0.05, 0) is 6.42 Å². The fourth-order valence-electron chi connectivity index (χ4n) is 3.19. The summed E-state index contributed by atoms with van der Waals surface area (Å²) >= 11 is 0. The Morgan fingerprint density at radius 3 is 2.04 bits per heavy atom. The molecule has 160 valence electrons. The maximum Gasteiger partial charge on any atom is 0.407 e. The van der Waals surface area contributed by atoms with Crippen LogP contribution >= 0.6 is 0 Å². The molecule has 8 nitrogen and oxygen atoms in total. The molecule has 1 unspecified atom stereocenters. The topological polar surface area (TPSA) is 128 Å². The summed E-state index contributed by atoms with van der Waals surface area (Å²) in [5.74, 6) is 0. The van der Waals surface area contributed by atoms with Crippen LogP contribution in [0.15, 0.2) is 0 Å². The van der Waals surface area contributed by atoms with E-state index in [0.29, 0.717) is 0 Å². The second-order valence-corrected chi connectivity index (χ2v) is 7.22. The van der Waals surface area contributed by atoms with Crippen LogP contribution in [0.4, 0.5) is 4.79 Å². The predicted molar refractivity (Wildman–Crippen MR) is 100 cm³/mol. The molecule has 1 aliphatic heterocycles. The number of carbonyl (C=O) groups is 1. The van der Waals surface area contributed by atoms with Crippen molar-refractivity contribution in [1.29, 1.82) is 0 Å². The molecule has 0 aromatic carbocycles. The molecule has 1 amide bonds. The van der Waals surface area contributed by atoms with Gasteiger partial charge in [-0.15, -0.1) is 0 Å². The van der Waals surface area contributed by atoms with E-state index in [-0.39, 0.29) is 6.61 Å². The Bertz CT molecular complexity index is 396. The van der Waals surface area contributed by atoms with Gasteiger partial charge < -0.3 is 35.2 Å². The van der Waals surface area contributed by atoms with Crippen molar-refractivity contribution < 1.29 is 34.7 Å². The lowest BCUT2D eigenvalue weighted by Gasteiger charge is -2.39. The van der Waals surface area contributed by atoms with Gasteiger partial charge >= 0.3 is 6.09 Å². The van der Waals surface area contributed by atoms with E-state index in [4.69, 9.17) is 14.6 Å². The molecule has 0 aromatic rings. The first-order chi connectivity index (χ1) is 13.0. The van der Waals surface area contributed by atoms with E-state index in [9.17, 15) is 20.1 Å². The molecule has 1 fully saturated rings. The standard InChI is InChI=1S/C19H37NO7/c1-2-3-4-5-6-7-8-9-10-11-12-26-19(25)20-15-17(23)16(22)14(13-21)27-18(15)24/h14-18,21-24H,2-13H2,1H3,(H,20,25)/t14-,15-,16-,17-,18?/m1/s1. The van der Waals surface area contributed by atoms with Crippen molar-refractivity contribution in [3.63, 3.8) is 0 Å². The third-order valence-corrected chi connectivity index (χ3v) is 4.92. The fraction of sp³-hybridized carbons (Fsp3) is 0.947. The van der Waals surface area contributed by atoms with E-state index in [1.54, 1.807) is 0 Å². The normalized spacial score (nSPS) is 28.1. The van der Waals surface area contributed by atoms with E-state index in [2.05, 4.69) is 12.2 Å². The second-order valence-electron chi connectivity index (χ2n) is 7.22. The van der Waals surface area contributed by atoms with E-state index >= 15 is 0 Å². The highest BCUT2D eigenvalue weighted by atomic mass is 16.6. The van der Waals surface area contributed by atoms with Gasteiger partial charge in [-0.25, -0.2) is 4.79 Å². The SMILES string of the molecule is CCCCCCCCCCCCOC(=O)N[C@H]1C(O)O[C@H](CO)[C@@H](O)[C@@H]1O. The van der Waals surface area contributed by atoms with Crippen molar-refractivity contribution in [1.82, 2.24) is 5.32 Å². The minimum absolute atomic E-state index is 0.254. The number of unbranched alkanes of at least 4 members (excludes halogenated alkanes) is 9. The van der Waals surface area contributed by atoms with Crippen LogP contribution < -0.4 is 5.32 Å². The molecule has 1 saturated heterocycles. The number of aliphatic hydroxyl groups excluding tert-OH is 4. The lowest BCUT2D eigenvalue weighted by atomic mass is 9.97. The van der Waals surface area contributed by atoms with Crippen molar-refractivity contribution in [2.75, 3.05) is 13.2 Å². The zero-order valence-corrected chi connectivity index (χ0v) is 16.4. The van der Waals surface area contributed by atoms with Crippen molar-refractivity contribution in [3.8, 4) is 0 Å². The molecule has 27 heavy (non-hydrogen) atoms. The van der Waals surface area contributed by atoms with Crippen LogP contribution in [0.5, 0.6) is 0 Å². The van der Waals surface area contributed by atoms with E-state index in [1.165, 1.54) is 44.9 Å². The highest BCUT2D eigenvalue weighted by molar-refractivity contribution is 5.67. The van der Waals surface area contributed by atoms with Gasteiger partial charge in [0, 0.05) is 0 Å². The molecule has 1 rings (SSSR count). The number of hydrogen-bond donors (Lipinski definition) is 5. The van der Waals surface area contributed by atoms with Crippen molar-refractivity contribution in [2.45, 2.75) is 102 Å². The van der Waals surface area contributed by atoms with Crippen LogP contribution in [0.3, 0.4) is 0 Å². The van der Waals surface area contributed by atoms with E-state index in [1.807, 2.05) is 0 Å². The molecule has 0 aliphatic carbocycles. The summed E-state index contributed by atoms with van der Waals surface area (Å²) in [6.07, 6.45) is 5.51. The molecule has 1 aliphatic rings. The second kappa shape index (κ2) is 14.1. The molecular weight excluding hydrogens is 354 g/mol. The van der Waals surface area contributed by atoms with Crippen molar-refractivity contribution >= 4 is 6.09 Å². The maximum atomic E-state index is 11.8. The van der Waals surface area contributed by atoms with Crippen LogP contribution in [0, 0.1) is 0 Å². The molecule has 0 saturated carbocycles. The minimum Gasteiger partial charge on any atom is -0.450 e. The van der Waals surface area contributed by atoms with E-state index in [0.717, 1.165) is 19.3 Å². The lowest BCUT2D eigenvalue weighted by molar-refractivity contribution is -0.253. The number of aliphatic hydroxyl groups is 4. The molecule has 5 N–H and O–H groups in total. The molecule has 5 atom stereocenters. The summed E-state index contributed by atoms with van der Waals surface area (Å²) < 4.78 is 10.0. The summed E-state index contributed by atoms with van der Waals surface area (Å²) in [5, 5.41) is 40.8. The van der Waals surface area contributed by atoms with Gasteiger partial charge in [0.05, 0.1) is 13.2 Å². The Morgan fingerprint density at radius 2 is 1.48 bits per heavy atom. The molecule has 0 spiro atoms. The van der Waals surface area contributed by atoms with Gasteiger partial charge in [0.2, 0.25) is 0 Å². The van der Waals surface area contributed by atoms with E-state index < -0.39 is 43.3 Å². The first-order valence-electron chi connectivity index (χ1n) is 10.2.